The largest absolute Gasteiger partial charge is 0.480 e. The van der Waals surface area contributed by atoms with Crippen LogP contribution in [0, 0.1) is 0 Å². The lowest BCUT2D eigenvalue weighted by Gasteiger charge is -2.17. The molecule has 0 aromatic heterocycles. The number of rotatable bonds is 6. The number of nitrogens with zero attached hydrogens (tertiary/aromatic N) is 1. The summed E-state index contributed by atoms with van der Waals surface area (Å²) in [7, 11) is 3.04. The summed E-state index contributed by atoms with van der Waals surface area (Å²) in [6.45, 7) is 0.212. The molecule has 6 nitrogen and oxygen atoms in total. The van der Waals surface area contributed by atoms with Crippen LogP contribution in [-0.4, -0.2) is 49.3 Å². The molecule has 0 unspecified atom stereocenters. The van der Waals surface area contributed by atoms with E-state index in [1.165, 1.54) is 7.05 Å². The smallest absolute Gasteiger partial charge is 0.323 e. The minimum atomic E-state index is -1.05. The first-order chi connectivity index (χ1) is 9.04. The molecular formula is C13H18N2O4. The molecule has 0 aliphatic carbocycles. The van der Waals surface area contributed by atoms with E-state index in [-0.39, 0.29) is 6.54 Å². The monoisotopic (exact) mass is 266 g/mol. The molecule has 6 heteroatoms. The van der Waals surface area contributed by atoms with E-state index in [0.717, 1.165) is 10.5 Å². The van der Waals surface area contributed by atoms with Crippen LogP contribution in [0.15, 0.2) is 24.3 Å². The van der Waals surface area contributed by atoms with Crippen LogP contribution in [-0.2, 0) is 16.0 Å². The maximum atomic E-state index is 11.8. The zero-order valence-corrected chi connectivity index (χ0v) is 11.0. The van der Waals surface area contributed by atoms with E-state index in [1.54, 1.807) is 13.2 Å². The van der Waals surface area contributed by atoms with E-state index >= 15 is 0 Å². The Morgan fingerprint density at radius 1 is 1.37 bits per heavy atom. The third-order valence-corrected chi connectivity index (χ3v) is 2.55. The van der Waals surface area contributed by atoms with Gasteiger partial charge in [0.15, 0.2) is 0 Å². The van der Waals surface area contributed by atoms with Crippen LogP contribution in [0.5, 0.6) is 0 Å². The lowest BCUT2D eigenvalue weighted by Crippen LogP contribution is -2.35. The number of nitrogens with one attached hydrogen (secondary N) is 1. The third kappa shape index (κ3) is 4.97. The highest BCUT2D eigenvalue weighted by atomic mass is 16.5. The summed E-state index contributed by atoms with van der Waals surface area (Å²) in [5.74, 6) is -1.05. The number of carboxylic acid groups (broad SMARTS) is 1. The topological polar surface area (TPSA) is 78.9 Å². The van der Waals surface area contributed by atoms with E-state index in [0.29, 0.717) is 18.7 Å². The molecule has 0 aliphatic heterocycles. The van der Waals surface area contributed by atoms with Gasteiger partial charge >= 0.3 is 12.0 Å². The Morgan fingerprint density at radius 2 is 2.05 bits per heavy atom. The number of methoxy groups -OCH3 is 1. The number of benzene rings is 1. The molecule has 0 aliphatic rings. The average molecular weight is 266 g/mol. The van der Waals surface area contributed by atoms with E-state index in [4.69, 9.17) is 9.84 Å². The SMILES string of the molecule is COCCc1ccccc1NC(=O)N(C)CC(=O)O. The van der Waals surface area contributed by atoms with Gasteiger partial charge < -0.3 is 20.1 Å². The minimum Gasteiger partial charge on any atom is -0.480 e. The molecule has 1 aromatic carbocycles. The van der Waals surface area contributed by atoms with Crippen molar-refractivity contribution in [3.63, 3.8) is 0 Å². The Labute approximate surface area is 112 Å². The fourth-order valence-corrected chi connectivity index (χ4v) is 1.56. The van der Waals surface area contributed by atoms with E-state index in [9.17, 15) is 9.59 Å². The summed E-state index contributed by atoms with van der Waals surface area (Å²) in [6, 6.07) is 6.90. The normalized spacial score (nSPS) is 10.0. The van der Waals surface area contributed by atoms with Crippen LogP contribution in [0.4, 0.5) is 10.5 Å². The molecule has 0 atom stereocenters. The number of para-hydroxylation sites is 1. The van der Waals surface area contributed by atoms with Crippen molar-refractivity contribution in [1.29, 1.82) is 0 Å². The maximum Gasteiger partial charge on any atom is 0.323 e. The van der Waals surface area contributed by atoms with Gasteiger partial charge in [0, 0.05) is 19.8 Å². The van der Waals surface area contributed by atoms with Crippen LogP contribution >= 0.6 is 0 Å². The fraction of sp³-hybridized carbons (Fsp3) is 0.385. The Morgan fingerprint density at radius 3 is 2.68 bits per heavy atom. The number of anilines is 1. The maximum absolute atomic E-state index is 11.8. The van der Waals surface area contributed by atoms with Crippen molar-refractivity contribution in [3.8, 4) is 0 Å². The van der Waals surface area contributed by atoms with Gasteiger partial charge in [-0.15, -0.1) is 0 Å². The van der Waals surface area contributed by atoms with Gasteiger partial charge in [0.25, 0.3) is 0 Å². The highest BCUT2D eigenvalue weighted by Gasteiger charge is 2.13. The second kappa shape index (κ2) is 7.38. The van der Waals surface area contributed by atoms with Crippen molar-refractivity contribution in [2.75, 3.05) is 32.6 Å². The highest BCUT2D eigenvalue weighted by Crippen LogP contribution is 2.16. The molecule has 0 saturated heterocycles. The highest BCUT2D eigenvalue weighted by molar-refractivity contribution is 5.91. The summed E-state index contributed by atoms with van der Waals surface area (Å²) in [4.78, 5) is 23.4. The molecule has 0 bridgehead atoms. The minimum absolute atomic E-state index is 0.341. The van der Waals surface area contributed by atoms with Crippen molar-refractivity contribution < 1.29 is 19.4 Å². The Bertz CT molecular complexity index is 448. The predicted octanol–water partition coefficient (Wildman–Crippen LogP) is 1.42. The quantitative estimate of drug-likeness (QED) is 0.816. The van der Waals surface area contributed by atoms with Crippen molar-refractivity contribution in [2.45, 2.75) is 6.42 Å². The van der Waals surface area contributed by atoms with Gasteiger partial charge in [0.05, 0.1) is 6.61 Å². The fourth-order valence-electron chi connectivity index (χ4n) is 1.56. The number of aliphatic carboxylic acids is 1. The molecular weight excluding hydrogens is 248 g/mol. The molecule has 0 saturated carbocycles. The number of hydrogen-bond donors (Lipinski definition) is 2. The third-order valence-electron chi connectivity index (χ3n) is 2.55. The molecule has 0 spiro atoms. The molecule has 2 N–H and O–H groups in total. The number of ether oxygens (including phenoxy) is 1. The second-order valence-electron chi connectivity index (χ2n) is 4.08. The van der Waals surface area contributed by atoms with E-state index in [1.807, 2.05) is 18.2 Å². The van der Waals surface area contributed by atoms with Gasteiger partial charge in [-0.2, -0.15) is 0 Å². The van der Waals surface area contributed by atoms with E-state index in [2.05, 4.69) is 5.32 Å². The summed E-state index contributed by atoms with van der Waals surface area (Å²) >= 11 is 0. The number of urea groups is 1. The number of amides is 2. The Hall–Kier alpha value is -2.08. The number of carboxylic acids is 1. The van der Waals surface area contributed by atoms with Crippen LogP contribution in [0.25, 0.3) is 0 Å². The summed E-state index contributed by atoms with van der Waals surface area (Å²) in [5, 5.41) is 11.3. The number of carbonyl (C=O) groups is 2. The predicted molar refractivity (Wildman–Crippen MR) is 71.3 cm³/mol. The van der Waals surface area contributed by atoms with Crippen molar-refractivity contribution in [3.05, 3.63) is 29.8 Å². The molecule has 0 radical (unpaired) electrons. The number of hydrogen-bond acceptors (Lipinski definition) is 3. The van der Waals surface area contributed by atoms with Crippen molar-refractivity contribution in [2.24, 2.45) is 0 Å². The van der Waals surface area contributed by atoms with Crippen LogP contribution in [0.3, 0.4) is 0 Å². The van der Waals surface area contributed by atoms with Crippen LogP contribution < -0.4 is 5.32 Å². The molecule has 1 aromatic rings. The van der Waals surface area contributed by atoms with E-state index < -0.39 is 12.0 Å². The standard InChI is InChI=1S/C13H18N2O4/c1-15(9-12(16)17)13(18)14-11-6-4-3-5-10(11)7-8-19-2/h3-6H,7-9H2,1-2H3,(H,14,18)(H,16,17). The van der Waals surface area contributed by atoms with Gasteiger partial charge in [-0.3, -0.25) is 4.79 Å². The van der Waals surface area contributed by atoms with Crippen molar-refractivity contribution >= 4 is 17.7 Å². The average Bonchev–Trinajstić information content (AvgIpc) is 2.36. The van der Waals surface area contributed by atoms with Crippen molar-refractivity contribution in [1.82, 2.24) is 4.90 Å². The van der Waals surface area contributed by atoms with Gasteiger partial charge in [-0.05, 0) is 18.1 Å². The Balaban J connectivity index is 2.70. The lowest BCUT2D eigenvalue weighted by molar-refractivity contribution is -0.137. The molecule has 0 heterocycles. The first-order valence-corrected chi connectivity index (χ1v) is 5.85. The summed E-state index contributed by atoms with van der Waals surface area (Å²) in [5.41, 5.74) is 1.61. The van der Waals surface area contributed by atoms with Crippen LogP contribution in [0.2, 0.25) is 0 Å². The van der Waals surface area contributed by atoms with Gasteiger partial charge in [-0.1, -0.05) is 18.2 Å². The zero-order chi connectivity index (χ0) is 14.3. The lowest BCUT2D eigenvalue weighted by atomic mass is 10.1. The van der Waals surface area contributed by atoms with Gasteiger partial charge in [-0.25, -0.2) is 4.79 Å². The van der Waals surface area contributed by atoms with Crippen LogP contribution in [0.1, 0.15) is 5.56 Å². The van der Waals surface area contributed by atoms with Gasteiger partial charge in [0.1, 0.15) is 6.54 Å². The van der Waals surface area contributed by atoms with Gasteiger partial charge in [0.2, 0.25) is 0 Å². The second-order valence-corrected chi connectivity index (χ2v) is 4.08. The number of likely N-dealkylation sites (N-methyl/N-ethyl adjacent to an activating group) is 1. The summed E-state index contributed by atoms with van der Waals surface area (Å²) in [6.07, 6.45) is 0.676. The summed E-state index contributed by atoms with van der Waals surface area (Å²) < 4.78 is 5.00. The Kier molecular flexibility index (Phi) is 5.81. The first-order valence-electron chi connectivity index (χ1n) is 5.85. The first kappa shape index (κ1) is 15.0. The molecule has 2 amide bonds. The zero-order valence-electron chi connectivity index (χ0n) is 11.0. The molecule has 19 heavy (non-hydrogen) atoms. The molecule has 1 rings (SSSR count). The molecule has 104 valence electrons. The molecule has 0 fully saturated rings. The number of carbonyl (C=O) groups excluding carboxylic acids is 1.